The maximum atomic E-state index is 12.3. The smallest absolute Gasteiger partial charge is 0.248 e. The molecule has 3 fully saturated rings. The van der Waals surface area contributed by atoms with E-state index >= 15 is 0 Å². The predicted molar refractivity (Wildman–Crippen MR) is 113 cm³/mol. The second-order valence-electron chi connectivity index (χ2n) is 9.19. The molecule has 2 saturated heterocycles. The summed E-state index contributed by atoms with van der Waals surface area (Å²) in [6.45, 7) is 8.04. The average Bonchev–Trinajstić information content (AvgIpc) is 3.46. The van der Waals surface area contributed by atoms with Crippen molar-refractivity contribution in [3.05, 3.63) is 18.0 Å². The van der Waals surface area contributed by atoms with E-state index in [0.29, 0.717) is 32.0 Å². The third kappa shape index (κ3) is 6.28. The van der Waals surface area contributed by atoms with Crippen LogP contribution in [0.5, 0.6) is 0 Å². The average molecular weight is 418 g/mol. The number of hydrogen-bond acceptors (Lipinski definition) is 5. The number of likely N-dealkylation sites (tertiary alicyclic amines) is 1. The molecule has 8 heteroatoms. The van der Waals surface area contributed by atoms with Crippen LogP contribution < -0.4 is 5.32 Å². The molecule has 1 saturated carbocycles. The van der Waals surface area contributed by atoms with Crippen LogP contribution in [0.15, 0.2) is 12.3 Å². The molecule has 1 aliphatic carbocycles. The lowest BCUT2D eigenvalue weighted by molar-refractivity contribution is -0.150. The number of ether oxygens (including phenoxy) is 1. The van der Waals surface area contributed by atoms with Gasteiger partial charge in [0.05, 0.1) is 11.8 Å². The monoisotopic (exact) mass is 417 g/mol. The molecule has 0 bridgehead atoms. The Balaban J connectivity index is 1.15. The number of morpholine rings is 1. The molecule has 2 aliphatic heterocycles. The number of hydrogen-bond donors (Lipinski definition) is 1. The van der Waals surface area contributed by atoms with E-state index in [9.17, 15) is 9.59 Å². The van der Waals surface area contributed by atoms with Crippen LogP contribution in [0.25, 0.3) is 0 Å². The Bertz CT molecular complexity index is 724. The van der Waals surface area contributed by atoms with E-state index in [1.165, 1.54) is 32.2 Å². The summed E-state index contributed by atoms with van der Waals surface area (Å²) in [5.41, 5.74) is 0.948. The van der Waals surface area contributed by atoms with Gasteiger partial charge in [0, 0.05) is 45.3 Å². The Hall–Kier alpha value is -1.93. The van der Waals surface area contributed by atoms with Crippen molar-refractivity contribution in [2.24, 2.45) is 11.8 Å². The molecule has 1 atom stereocenters. The van der Waals surface area contributed by atoms with Crippen molar-refractivity contribution in [3.63, 3.8) is 0 Å². The van der Waals surface area contributed by atoms with Gasteiger partial charge in [-0.25, -0.2) is 0 Å². The molecular weight excluding hydrogens is 382 g/mol. The van der Waals surface area contributed by atoms with Crippen LogP contribution >= 0.6 is 0 Å². The summed E-state index contributed by atoms with van der Waals surface area (Å²) < 4.78 is 7.44. The van der Waals surface area contributed by atoms with Gasteiger partial charge >= 0.3 is 0 Å². The molecule has 4 rings (SSSR count). The van der Waals surface area contributed by atoms with Crippen LogP contribution in [0.2, 0.25) is 0 Å². The molecule has 0 radical (unpaired) electrons. The first-order valence-corrected chi connectivity index (χ1v) is 11.4. The van der Waals surface area contributed by atoms with Crippen LogP contribution in [0, 0.1) is 18.8 Å². The van der Waals surface area contributed by atoms with Crippen molar-refractivity contribution in [1.82, 2.24) is 24.9 Å². The summed E-state index contributed by atoms with van der Waals surface area (Å²) in [5.74, 6) is 1.59. The third-order valence-electron chi connectivity index (χ3n) is 6.49. The number of carbonyl (C=O) groups is 2. The summed E-state index contributed by atoms with van der Waals surface area (Å²) >= 11 is 0. The van der Waals surface area contributed by atoms with Gasteiger partial charge in [0.15, 0.2) is 0 Å². The summed E-state index contributed by atoms with van der Waals surface area (Å²) in [5, 5.41) is 7.24. The lowest BCUT2D eigenvalue weighted by Crippen LogP contribution is -2.52. The molecule has 1 unspecified atom stereocenters. The first-order valence-electron chi connectivity index (χ1n) is 11.4. The highest BCUT2D eigenvalue weighted by atomic mass is 16.5. The zero-order valence-corrected chi connectivity index (χ0v) is 18.1. The lowest BCUT2D eigenvalue weighted by Gasteiger charge is -2.38. The normalized spacial score (nSPS) is 23.7. The van der Waals surface area contributed by atoms with E-state index in [0.717, 1.165) is 31.2 Å². The highest BCUT2D eigenvalue weighted by Gasteiger charge is 2.31. The fraction of sp³-hybridized carbons (Fsp3) is 0.773. The third-order valence-corrected chi connectivity index (χ3v) is 6.49. The molecule has 166 valence electrons. The van der Waals surface area contributed by atoms with Crippen LogP contribution in [0.4, 0.5) is 0 Å². The highest BCUT2D eigenvalue weighted by molar-refractivity contribution is 5.78. The zero-order chi connectivity index (χ0) is 20.9. The van der Waals surface area contributed by atoms with Gasteiger partial charge in [-0.05, 0) is 63.6 Å². The number of carbonyl (C=O) groups excluding carboxylic acids is 2. The number of amides is 2. The Kier molecular flexibility index (Phi) is 7.04. The topological polar surface area (TPSA) is 79.7 Å². The molecule has 3 aliphatic rings. The Morgan fingerprint density at radius 3 is 2.67 bits per heavy atom. The molecule has 2 amide bonds. The quantitative estimate of drug-likeness (QED) is 0.650. The Labute approximate surface area is 178 Å². The van der Waals surface area contributed by atoms with Crippen molar-refractivity contribution in [2.75, 3.05) is 45.9 Å². The number of nitrogens with one attached hydrogen (secondary N) is 1. The van der Waals surface area contributed by atoms with E-state index in [1.807, 2.05) is 24.1 Å². The minimum absolute atomic E-state index is 0.0155. The van der Waals surface area contributed by atoms with Gasteiger partial charge in [0.25, 0.3) is 0 Å². The molecule has 0 spiro atoms. The number of rotatable bonds is 9. The lowest BCUT2D eigenvalue weighted by atomic mass is 9.95. The Morgan fingerprint density at radius 2 is 1.97 bits per heavy atom. The molecule has 3 heterocycles. The van der Waals surface area contributed by atoms with Crippen molar-refractivity contribution >= 4 is 11.8 Å². The van der Waals surface area contributed by atoms with Crippen LogP contribution in [-0.2, 0) is 20.9 Å². The Morgan fingerprint density at radius 1 is 1.20 bits per heavy atom. The van der Waals surface area contributed by atoms with Gasteiger partial charge in [-0.2, -0.15) is 5.10 Å². The molecule has 0 aromatic carbocycles. The van der Waals surface area contributed by atoms with Gasteiger partial charge in [0.1, 0.15) is 6.61 Å². The van der Waals surface area contributed by atoms with E-state index in [1.54, 1.807) is 4.68 Å². The fourth-order valence-electron chi connectivity index (χ4n) is 4.43. The standard InChI is InChI=1S/C22H35N5O3/c1-17-4-10-27(24-17)11-7-21(28)23-12-20-15-26(22(29)16-30-20)14-19-5-8-25(9-6-19)13-18-2-3-18/h4,10,18-20H,2-3,5-9,11-16H2,1H3,(H,23,28). The van der Waals surface area contributed by atoms with Gasteiger partial charge in [0.2, 0.25) is 11.8 Å². The zero-order valence-electron chi connectivity index (χ0n) is 18.1. The second-order valence-corrected chi connectivity index (χ2v) is 9.19. The molecule has 1 N–H and O–H groups in total. The molecule has 30 heavy (non-hydrogen) atoms. The van der Waals surface area contributed by atoms with Crippen molar-refractivity contribution in [1.29, 1.82) is 0 Å². The van der Waals surface area contributed by atoms with Gasteiger partial charge < -0.3 is 19.9 Å². The van der Waals surface area contributed by atoms with Crippen molar-refractivity contribution in [3.8, 4) is 0 Å². The SMILES string of the molecule is Cc1ccn(CCC(=O)NCC2CN(CC3CCN(CC4CC4)CC3)C(=O)CO2)n1. The first kappa shape index (κ1) is 21.3. The van der Waals surface area contributed by atoms with Crippen molar-refractivity contribution in [2.45, 2.75) is 51.7 Å². The molecular formula is C22H35N5O3. The van der Waals surface area contributed by atoms with Gasteiger partial charge in [-0.15, -0.1) is 0 Å². The van der Waals surface area contributed by atoms with Crippen molar-refractivity contribution < 1.29 is 14.3 Å². The molecule has 1 aromatic rings. The maximum Gasteiger partial charge on any atom is 0.248 e. The fourth-order valence-corrected chi connectivity index (χ4v) is 4.43. The van der Waals surface area contributed by atoms with Gasteiger partial charge in [-0.3, -0.25) is 14.3 Å². The predicted octanol–water partition coefficient (Wildman–Crippen LogP) is 1.05. The first-order chi connectivity index (χ1) is 14.5. The van der Waals surface area contributed by atoms with E-state index in [-0.39, 0.29) is 24.5 Å². The molecule has 1 aromatic heterocycles. The highest BCUT2D eigenvalue weighted by Crippen LogP contribution is 2.31. The summed E-state index contributed by atoms with van der Waals surface area (Å²) in [6.07, 6.45) is 7.29. The van der Waals surface area contributed by atoms with Crippen LogP contribution in [-0.4, -0.2) is 83.4 Å². The van der Waals surface area contributed by atoms with Crippen LogP contribution in [0.3, 0.4) is 0 Å². The van der Waals surface area contributed by atoms with Crippen LogP contribution in [0.1, 0.15) is 37.8 Å². The minimum atomic E-state index is -0.131. The summed E-state index contributed by atoms with van der Waals surface area (Å²) in [4.78, 5) is 29.0. The maximum absolute atomic E-state index is 12.3. The van der Waals surface area contributed by atoms with Gasteiger partial charge in [-0.1, -0.05) is 0 Å². The molecule has 8 nitrogen and oxygen atoms in total. The summed E-state index contributed by atoms with van der Waals surface area (Å²) in [7, 11) is 0. The minimum Gasteiger partial charge on any atom is -0.365 e. The second kappa shape index (κ2) is 9.92. The van der Waals surface area contributed by atoms with E-state index in [4.69, 9.17) is 4.74 Å². The number of aromatic nitrogens is 2. The van der Waals surface area contributed by atoms with E-state index in [2.05, 4.69) is 15.3 Å². The largest absolute Gasteiger partial charge is 0.365 e. The van der Waals surface area contributed by atoms with E-state index < -0.39 is 0 Å². The number of piperidine rings is 1. The summed E-state index contributed by atoms with van der Waals surface area (Å²) in [6, 6.07) is 1.93. The number of aryl methyl sites for hydroxylation is 2. The number of nitrogens with zero attached hydrogens (tertiary/aromatic N) is 4.